The molecule has 0 saturated heterocycles. The molecule has 3 amide bonds. The number of pyridine rings is 1. The Morgan fingerprint density at radius 1 is 0.977 bits per heavy atom. The molecule has 0 saturated carbocycles. The predicted molar refractivity (Wildman–Crippen MR) is 169 cm³/mol. The first-order chi connectivity index (χ1) is 20.7. The van der Waals surface area contributed by atoms with Gasteiger partial charge in [-0.25, -0.2) is 4.98 Å². The first-order valence-electron chi connectivity index (χ1n) is 13.3. The lowest BCUT2D eigenvalue weighted by atomic mass is 10.1. The van der Waals surface area contributed by atoms with Crippen LogP contribution < -0.4 is 25.0 Å². The number of nitrogens with one attached hydrogen (secondary N) is 2. The average Bonchev–Trinajstić information content (AvgIpc) is 3.01. The monoisotopic (exact) mass is 620 g/mol. The zero-order valence-electron chi connectivity index (χ0n) is 23.8. The number of para-hydroxylation sites is 1. The summed E-state index contributed by atoms with van der Waals surface area (Å²) in [6, 6.07) is 19.7. The van der Waals surface area contributed by atoms with Crippen molar-refractivity contribution in [1.82, 2.24) is 15.6 Å². The molecule has 0 atom stereocenters. The highest BCUT2D eigenvalue weighted by atomic mass is 35.5. The van der Waals surface area contributed by atoms with Gasteiger partial charge < -0.3 is 25.0 Å². The predicted octanol–water partition coefficient (Wildman–Crippen LogP) is 5.35. The van der Waals surface area contributed by atoms with Crippen LogP contribution in [0.15, 0.2) is 72.8 Å². The molecule has 0 aliphatic carbocycles. The van der Waals surface area contributed by atoms with Gasteiger partial charge in [0.1, 0.15) is 23.6 Å². The minimum atomic E-state index is -0.447. The number of carbonyl (C=O) groups is 3. The molecule has 222 valence electrons. The van der Waals surface area contributed by atoms with Crippen LogP contribution >= 0.6 is 23.2 Å². The molecule has 1 aromatic heterocycles. The maximum atomic E-state index is 12.9. The summed E-state index contributed by atoms with van der Waals surface area (Å²) in [6.07, 6.45) is 2.92. The van der Waals surface area contributed by atoms with Gasteiger partial charge in [0.05, 0.1) is 17.3 Å². The molecule has 4 rings (SSSR count). The number of halogens is 2. The van der Waals surface area contributed by atoms with Gasteiger partial charge in [-0.15, -0.1) is 0 Å². The fourth-order valence-corrected chi connectivity index (χ4v) is 4.61. The van der Waals surface area contributed by atoms with E-state index in [-0.39, 0.29) is 36.6 Å². The van der Waals surface area contributed by atoms with Crippen LogP contribution in [0.25, 0.3) is 17.0 Å². The number of likely N-dealkylation sites (N-methyl/N-ethyl adjacent to an activating group) is 2. The molecule has 0 radical (unpaired) electrons. The van der Waals surface area contributed by atoms with Gasteiger partial charge in [-0.1, -0.05) is 53.5 Å². The number of amides is 3. The minimum Gasteiger partial charge on any atom is -0.487 e. The molecule has 0 aliphatic heterocycles. The zero-order chi connectivity index (χ0) is 30.9. The maximum absolute atomic E-state index is 12.9. The lowest BCUT2D eigenvalue weighted by Crippen LogP contribution is -2.37. The standard InChI is InChI=1S/C32H30Cl2N4O5/c1-20-7-11-22-5-4-6-27(32(22)37-20)43-18-24-25(33)14-15-26(31(24)34)38(3)30(41)17-36-28(39)16-10-21-8-12-23(13-9-21)42-19-29(40)35-2/h4-16H,17-19H2,1-3H3,(H,35,40)(H,36,39). The Bertz CT molecular complexity index is 1670. The number of nitrogens with zero attached hydrogens (tertiary/aromatic N) is 2. The molecule has 0 spiro atoms. The normalized spacial score (nSPS) is 10.9. The summed E-state index contributed by atoms with van der Waals surface area (Å²) in [6.45, 7) is 1.63. The van der Waals surface area contributed by atoms with Crippen LogP contribution in [0.2, 0.25) is 10.0 Å². The van der Waals surface area contributed by atoms with Gasteiger partial charge >= 0.3 is 0 Å². The van der Waals surface area contributed by atoms with Crippen molar-refractivity contribution >= 4 is 63.6 Å². The summed E-state index contributed by atoms with van der Waals surface area (Å²) in [5.41, 5.74) is 3.27. The highest BCUT2D eigenvalue weighted by Gasteiger charge is 2.19. The van der Waals surface area contributed by atoms with E-state index in [1.807, 2.05) is 37.3 Å². The fourth-order valence-electron chi connectivity index (χ4n) is 4.00. The number of benzene rings is 3. The molecular weight excluding hydrogens is 591 g/mol. The minimum absolute atomic E-state index is 0.0605. The summed E-state index contributed by atoms with van der Waals surface area (Å²) >= 11 is 13.2. The average molecular weight is 622 g/mol. The van der Waals surface area contributed by atoms with Gasteiger partial charge in [0, 0.05) is 41.8 Å². The van der Waals surface area contributed by atoms with E-state index in [4.69, 9.17) is 32.7 Å². The highest BCUT2D eigenvalue weighted by Crippen LogP contribution is 2.35. The maximum Gasteiger partial charge on any atom is 0.257 e. The quantitative estimate of drug-likeness (QED) is 0.219. The van der Waals surface area contributed by atoms with E-state index in [0.29, 0.717) is 27.8 Å². The first kappa shape index (κ1) is 31.3. The second-order valence-corrected chi connectivity index (χ2v) is 10.2. The topological polar surface area (TPSA) is 110 Å². The fraction of sp³-hybridized carbons (Fsp3) is 0.188. The van der Waals surface area contributed by atoms with Gasteiger partial charge in [-0.2, -0.15) is 0 Å². The lowest BCUT2D eigenvalue weighted by Gasteiger charge is -2.21. The molecule has 9 nitrogen and oxygen atoms in total. The number of rotatable bonds is 11. The Morgan fingerprint density at radius 2 is 1.74 bits per heavy atom. The molecular formula is C32H30Cl2N4O5. The van der Waals surface area contributed by atoms with Crippen LogP contribution in [0.1, 0.15) is 16.8 Å². The molecule has 11 heteroatoms. The van der Waals surface area contributed by atoms with Gasteiger partial charge in [0.15, 0.2) is 6.61 Å². The van der Waals surface area contributed by atoms with Crippen molar-refractivity contribution in [1.29, 1.82) is 0 Å². The second kappa shape index (κ2) is 14.5. The van der Waals surface area contributed by atoms with E-state index in [9.17, 15) is 14.4 Å². The first-order valence-corrected chi connectivity index (χ1v) is 14.0. The Labute approximate surface area is 259 Å². The summed E-state index contributed by atoms with van der Waals surface area (Å²) in [4.78, 5) is 42.5. The number of anilines is 1. The summed E-state index contributed by atoms with van der Waals surface area (Å²) in [5, 5.41) is 6.66. The Morgan fingerprint density at radius 3 is 2.49 bits per heavy atom. The van der Waals surface area contributed by atoms with Crippen LogP contribution in [0.5, 0.6) is 11.5 Å². The van der Waals surface area contributed by atoms with E-state index in [1.165, 1.54) is 18.0 Å². The van der Waals surface area contributed by atoms with Crippen molar-refractivity contribution in [2.75, 3.05) is 32.1 Å². The van der Waals surface area contributed by atoms with Crippen molar-refractivity contribution in [3.05, 3.63) is 99.7 Å². The van der Waals surface area contributed by atoms with Gasteiger partial charge in [-0.05, 0) is 55.0 Å². The Balaban J connectivity index is 1.35. The number of aryl methyl sites for hydroxylation is 1. The molecule has 1 heterocycles. The van der Waals surface area contributed by atoms with Gasteiger partial charge in [0.2, 0.25) is 11.8 Å². The number of hydrogen-bond acceptors (Lipinski definition) is 6. The van der Waals surface area contributed by atoms with Crippen molar-refractivity contribution in [2.24, 2.45) is 0 Å². The molecule has 43 heavy (non-hydrogen) atoms. The SMILES string of the molecule is CNC(=O)COc1ccc(C=CC(=O)NCC(=O)N(C)c2ccc(Cl)c(COc3cccc4ccc(C)nc34)c2Cl)cc1. The van der Waals surface area contributed by atoms with Crippen molar-refractivity contribution < 1.29 is 23.9 Å². The third kappa shape index (κ3) is 8.24. The van der Waals surface area contributed by atoms with Crippen LogP contribution in [0.4, 0.5) is 5.69 Å². The van der Waals surface area contributed by atoms with Crippen LogP contribution in [0.3, 0.4) is 0 Å². The number of aromatic nitrogens is 1. The van der Waals surface area contributed by atoms with Gasteiger partial charge in [-0.3, -0.25) is 14.4 Å². The summed E-state index contributed by atoms with van der Waals surface area (Å²) in [5.74, 6) is 0.0405. The van der Waals surface area contributed by atoms with Crippen molar-refractivity contribution in [2.45, 2.75) is 13.5 Å². The van der Waals surface area contributed by atoms with Crippen molar-refractivity contribution in [3.63, 3.8) is 0 Å². The van der Waals surface area contributed by atoms with E-state index in [1.54, 1.807) is 49.5 Å². The van der Waals surface area contributed by atoms with Gasteiger partial charge in [0.25, 0.3) is 5.91 Å². The number of hydrogen-bond donors (Lipinski definition) is 2. The van der Waals surface area contributed by atoms with E-state index >= 15 is 0 Å². The van der Waals surface area contributed by atoms with Crippen LogP contribution in [-0.4, -0.2) is 50.0 Å². The third-order valence-corrected chi connectivity index (χ3v) is 7.24. The lowest BCUT2D eigenvalue weighted by molar-refractivity contribution is -0.122. The Hall–Kier alpha value is -4.60. The van der Waals surface area contributed by atoms with E-state index < -0.39 is 5.91 Å². The van der Waals surface area contributed by atoms with E-state index in [2.05, 4.69) is 15.6 Å². The highest BCUT2D eigenvalue weighted by molar-refractivity contribution is 6.38. The molecule has 4 aromatic rings. The number of ether oxygens (including phenoxy) is 2. The van der Waals surface area contributed by atoms with Crippen molar-refractivity contribution in [3.8, 4) is 11.5 Å². The zero-order valence-corrected chi connectivity index (χ0v) is 25.3. The molecule has 0 aliphatic rings. The summed E-state index contributed by atoms with van der Waals surface area (Å²) in [7, 11) is 3.10. The number of carbonyl (C=O) groups excluding carboxylic acids is 3. The third-order valence-electron chi connectivity index (χ3n) is 6.47. The smallest absolute Gasteiger partial charge is 0.257 e. The van der Waals surface area contributed by atoms with Crippen LogP contribution in [0, 0.1) is 6.92 Å². The van der Waals surface area contributed by atoms with E-state index in [0.717, 1.165) is 22.2 Å². The molecule has 3 aromatic carbocycles. The molecule has 2 N–H and O–H groups in total. The molecule has 0 unspecified atom stereocenters. The molecule has 0 fully saturated rings. The second-order valence-electron chi connectivity index (χ2n) is 9.46. The number of fused-ring (bicyclic) bond motifs is 1. The summed E-state index contributed by atoms with van der Waals surface area (Å²) < 4.78 is 11.4. The van der Waals surface area contributed by atoms with Crippen LogP contribution in [-0.2, 0) is 21.0 Å². The largest absolute Gasteiger partial charge is 0.487 e. The molecule has 0 bridgehead atoms. The Kier molecular flexibility index (Phi) is 10.6.